The number of hydrogen-bond donors (Lipinski definition) is 2. The number of nitrogens with zero attached hydrogens (tertiary/aromatic N) is 3. The fourth-order valence-corrected chi connectivity index (χ4v) is 1.55. The molecular formula is C10H18N4O2. The number of carbonyl (C=O) groups excluding carboxylic acids is 1. The Kier molecular flexibility index (Phi) is 3.89. The lowest BCUT2D eigenvalue weighted by Crippen LogP contribution is -2.40. The minimum atomic E-state index is -0.207. The predicted molar refractivity (Wildman–Crippen MR) is 60.9 cm³/mol. The normalized spacial score (nSPS) is 10.8. The van der Waals surface area contributed by atoms with Crippen LogP contribution >= 0.6 is 0 Å². The van der Waals surface area contributed by atoms with Gasteiger partial charge in [0.05, 0.1) is 18.5 Å². The highest BCUT2D eigenvalue weighted by Crippen LogP contribution is 2.14. The molecule has 0 spiro atoms. The molecule has 0 aliphatic heterocycles. The van der Waals surface area contributed by atoms with Gasteiger partial charge in [0, 0.05) is 19.6 Å². The van der Waals surface area contributed by atoms with Crippen molar-refractivity contribution in [1.82, 2.24) is 14.7 Å². The van der Waals surface area contributed by atoms with E-state index >= 15 is 0 Å². The van der Waals surface area contributed by atoms with Crippen molar-refractivity contribution in [1.29, 1.82) is 0 Å². The number of nitrogen functional groups attached to an aromatic ring is 1. The van der Waals surface area contributed by atoms with Crippen LogP contribution in [0.1, 0.15) is 24.3 Å². The second-order valence-electron chi connectivity index (χ2n) is 3.89. The van der Waals surface area contributed by atoms with Crippen LogP contribution < -0.4 is 5.73 Å². The third-order valence-corrected chi connectivity index (χ3v) is 2.39. The number of hydrogen-bond acceptors (Lipinski definition) is 4. The largest absolute Gasteiger partial charge is 0.396 e. The number of amides is 1. The molecule has 1 aromatic heterocycles. The smallest absolute Gasteiger partial charge is 0.274 e. The maximum atomic E-state index is 12.2. The van der Waals surface area contributed by atoms with Crippen LogP contribution in [-0.4, -0.2) is 44.9 Å². The molecule has 0 bridgehead atoms. The van der Waals surface area contributed by atoms with E-state index in [-0.39, 0.29) is 18.6 Å². The average molecular weight is 226 g/mol. The Morgan fingerprint density at radius 1 is 1.69 bits per heavy atom. The van der Waals surface area contributed by atoms with E-state index in [9.17, 15) is 4.79 Å². The van der Waals surface area contributed by atoms with E-state index < -0.39 is 0 Å². The van der Waals surface area contributed by atoms with Gasteiger partial charge in [-0.25, -0.2) is 0 Å². The highest BCUT2D eigenvalue weighted by molar-refractivity contribution is 5.97. The van der Waals surface area contributed by atoms with E-state index in [0.29, 0.717) is 17.9 Å². The lowest BCUT2D eigenvalue weighted by atomic mass is 10.2. The minimum absolute atomic E-state index is 0.00829. The zero-order valence-corrected chi connectivity index (χ0v) is 9.84. The third kappa shape index (κ3) is 2.33. The monoisotopic (exact) mass is 226 g/mol. The van der Waals surface area contributed by atoms with Gasteiger partial charge in [-0.1, -0.05) is 0 Å². The molecule has 0 saturated heterocycles. The number of anilines is 1. The summed E-state index contributed by atoms with van der Waals surface area (Å²) in [6, 6.07) is 0.00829. The molecular weight excluding hydrogens is 208 g/mol. The number of rotatable bonds is 4. The Bertz CT molecular complexity index is 353. The minimum Gasteiger partial charge on any atom is -0.396 e. The molecule has 6 heteroatoms. The summed E-state index contributed by atoms with van der Waals surface area (Å²) in [6.07, 6.45) is 1.45. The van der Waals surface area contributed by atoms with Crippen molar-refractivity contribution < 1.29 is 9.90 Å². The molecule has 0 atom stereocenters. The molecule has 0 aliphatic carbocycles. The fourth-order valence-electron chi connectivity index (χ4n) is 1.55. The first-order chi connectivity index (χ1) is 7.49. The number of aromatic nitrogens is 2. The molecule has 0 fully saturated rings. The Balaban J connectivity index is 2.99. The van der Waals surface area contributed by atoms with Gasteiger partial charge in [-0.2, -0.15) is 5.10 Å². The van der Waals surface area contributed by atoms with Gasteiger partial charge in [0.1, 0.15) is 5.69 Å². The first-order valence-electron chi connectivity index (χ1n) is 5.18. The topological polar surface area (TPSA) is 84.4 Å². The van der Waals surface area contributed by atoms with Gasteiger partial charge in [-0.05, 0) is 13.8 Å². The molecule has 0 unspecified atom stereocenters. The van der Waals surface area contributed by atoms with E-state index in [1.54, 1.807) is 11.9 Å². The molecule has 0 saturated carbocycles. The maximum Gasteiger partial charge on any atom is 0.274 e. The van der Waals surface area contributed by atoms with Crippen LogP contribution in [0, 0.1) is 0 Å². The van der Waals surface area contributed by atoms with Gasteiger partial charge in [0.15, 0.2) is 0 Å². The van der Waals surface area contributed by atoms with E-state index in [1.807, 2.05) is 13.8 Å². The van der Waals surface area contributed by atoms with E-state index in [0.717, 1.165) is 0 Å². The van der Waals surface area contributed by atoms with Gasteiger partial charge < -0.3 is 15.7 Å². The summed E-state index contributed by atoms with van der Waals surface area (Å²) in [5.74, 6) is -0.207. The number of carbonyl (C=O) groups is 1. The summed E-state index contributed by atoms with van der Waals surface area (Å²) >= 11 is 0. The molecule has 1 rings (SSSR count). The van der Waals surface area contributed by atoms with E-state index in [1.165, 1.54) is 10.9 Å². The standard InChI is InChI=1S/C10H18N4O2/c1-7(2)14(4-5-15)10(16)9-8(11)6-12-13(9)3/h6-7,15H,4-5,11H2,1-3H3. The quantitative estimate of drug-likeness (QED) is 0.747. The molecule has 0 aliphatic rings. The highest BCUT2D eigenvalue weighted by atomic mass is 16.3. The summed E-state index contributed by atoms with van der Waals surface area (Å²) in [7, 11) is 1.67. The van der Waals surface area contributed by atoms with Crippen LogP contribution in [0.2, 0.25) is 0 Å². The lowest BCUT2D eigenvalue weighted by Gasteiger charge is -2.26. The Morgan fingerprint density at radius 2 is 2.31 bits per heavy atom. The van der Waals surface area contributed by atoms with Crippen molar-refractivity contribution in [2.45, 2.75) is 19.9 Å². The maximum absolute atomic E-state index is 12.2. The Morgan fingerprint density at radius 3 is 2.69 bits per heavy atom. The van der Waals surface area contributed by atoms with Gasteiger partial charge in [0.2, 0.25) is 0 Å². The molecule has 1 heterocycles. The summed E-state index contributed by atoms with van der Waals surface area (Å²) in [6.45, 7) is 4.00. The number of nitrogens with two attached hydrogens (primary N) is 1. The molecule has 0 aromatic carbocycles. The summed E-state index contributed by atoms with van der Waals surface area (Å²) < 4.78 is 1.45. The summed E-state index contributed by atoms with van der Waals surface area (Å²) in [5.41, 5.74) is 6.40. The Hall–Kier alpha value is -1.56. The lowest BCUT2D eigenvalue weighted by molar-refractivity contribution is 0.0655. The average Bonchev–Trinajstić information content (AvgIpc) is 2.54. The van der Waals surface area contributed by atoms with Crippen molar-refractivity contribution in [3.63, 3.8) is 0 Å². The third-order valence-electron chi connectivity index (χ3n) is 2.39. The molecule has 16 heavy (non-hydrogen) atoms. The van der Waals surface area contributed by atoms with Crippen LogP contribution in [-0.2, 0) is 7.05 Å². The molecule has 1 amide bonds. The Labute approximate surface area is 94.6 Å². The molecule has 90 valence electrons. The second-order valence-corrected chi connectivity index (χ2v) is 3.89. The zero-order valence-electron chi connectivity index (χ0n) is 9.84. The van der Waals surface area contributed by atoms with Crippen LogP contribution in [0.4, 0.5) is 5.69 Å². The number of aliphatic hydroxyl groups excluding tert-OH is 1. The van der Waals surface area contributed by atoms with Crippen LogP contribution in [0.25, 0.3) is 0 Å². The highest BCUT2D eigenvalue weighted by Gasteiger charge is 2.23. The number of aliphatic hydroxyl groups is 1. The van der Waals surface area contributed by atoms with Crippen LogP contribution in [0.3, 0.4) is 0 Å². The first kappa shape index (κ1) is 12.5. The van der Waals surface area contributed by atoms with Crippen molar-refractivity contribution in [2.24, 2.45) is 7.05 Å². The van der Waals surface area contributed by atoms with E-state index in [2.05, 4.69) is 5.10 Å². The van der Waals surface area contributed by atoms with Crippen LogP contribution in [0.15, 0.2) is 6.20 Å². The second kappa shape index (κ2) is 4.98. The van der Waals surface area contributed by atoms with Crippen LogP contribution in [0.5, 0.6) is 0 Å². The summed E-state index contributed by atoms with van der Waals surface area (Å²) in [5, 5.41) is 12.8. The van der Waals surface area contributed by atoms with Crippen molar-refractivity contribution in [2.75, 3.05) is 18.9 Å². The van der Waals surface area contributed by atoms with Gasteiger partial charge in [-0.15, -0.1) is 0 Å². The molecule has 0 radical (unpaired) electrons. The SMILES string of the molecule is CC(C)N(CCO)C(=O)c1c(N)cnn1C. The van der Waals surface area contributed by atoms with Crippen molar-refractivity contribution >= 4 is 11.6 Å². The van der Waals surface area contributed by atoms with Gasteiger partial charge in [0.25, 0.3) is 5.91 Å². The van der Waals surface area contributed by atoms with Gasteiger partial charge in [-0.3, -0.25) is 9.48 Å². The molecule has 3 N–H and O–H groups in total. The van der Waals surface area contributed by atoms with Crippen molar-refractivity contribution in [3.8, 4) is 0 Å². The number of aryl methyl sites for hydroxylation is 1. The van der Waals surface area contributed by atoms with Gasteiger partial charge >= 0.3 is 0 Å². The fraction of sp³-hybridized carbons (Fsp3) is 0.600. The summed E-state index contributed by atoms with van der Waals surface area (Å²) in [4.78, 5) is 13.7. The first-order valence-corrected chi connectivity index (χ1v) is 5.18. The van der Waals surface area contributed by atoms with E-state index in [4.69, 9.17) is 10.8 Å². The predicted octanol–water partition coefficient (Wildman–Crippen LogP) is -0.155. The molecule has 1 aromatic rings. The zero-order chi connectivity index (χ0) is 12.3. The van der Waals surface area contributed by atoms with Crippen molar-refractivity contribution in [3.05, 3.63) is 11.9 Å². The molecule has 6 nitrogen and oxygen atoms in total.